The van der Waals surface area contributed by atoms with Crippen LogP contribution in [0, 0.1) is 5.82 Å². The number of aromatic nitrogens is 2. The molecule has 1 amide bonds. The number of benzene rings is 1. The van der Waals surface area contributed by atoms with Crippen LogP contribution < -0.4 is 5.56 Å². The Morgan fingerprint density at radius 3 is 2.27 bits per heavy atom. The van der Waals surface area contributed by atoms with Gasteiger partial charge >= 0.3 is 12.1 Å². The molecule has 0 aliphatic carbocycles. The van der Waals surface area contributed by atoms with E-state index >= 15 is 0 Å². The van der Waals surface area contributed by atoms with E-state index in [1.807, 2.05) is 0 Å². The second kappa shape index (κ2) is 12.2. The highest BCUT2D eigenvalue weighted by Crippen LogP contribution is 2.27. The number of halogens is 6. The van der Waals surface area contributed by atoms with Crippen LogP contribution in [0.2, 0.25) is 10.2 Å². The molecule has 3 aromatic rings. The van der Waals surface area contributed by atoms with Gasteiger partial charge < -0.3 is 19.9 Å². The standard InChI is InChI=1S/C24H25Cl2FN4O2.C2HF3O2/c25-19-13-21-23(32)28-14-17(31(21)22(19)26)11-15-3-4-20(27)18(12-15)24(33)30-9-5-16(6-10-30)29-7-1-2-8-29;3-2(4,5)1(6)7/h3-4,12-14,16H,1-2,5-11H2,(H,28,32);(H,6,7). The van der Waals surface area contributed by atoms with Crippen LogP contribution in [0.25, 0.3) is 5.52 Å². The van der Waals surface area contributed by atoms with Crippen LogP contribution in [0.4, 0.5) is 17.6 Å². The SMILES string of the molecule is O=C(O)C(F)(F)F.O=C(c1cc(Cc2c[nH]c(=O)c3cc(Cl)c(Cl)n23)ccc1F)N1CCC(N2CCCC2)CC1. The number of nitrogens with one attached hydrogen (secondary N) is 1. The summed E-state index contributed by atoms with van der Waals surface area (Å²) in [4.78, 5) is 41.1. The van der Waals surface area contributed by atoms with Crippen LogP contribution in [0.5, 0.6) is 0 Å². The van der Waals surface area contributed by atoms with Crippen LogP contribution in [0.1, 0.15) is 47.3 Å². The molecular weight excluding hydrogens is 579 g/mol. The summed E-state index contributed by atoms with van der Waals surface area (Å²) in [6, 6.07) is 6.60. The Labute approximate surface area is 236 Å². The van der Waals surface area contributed by atoms with Gasteiger partial charge in [-0.3, -0.25) is 14.0 Å². The summed E-state index contributed by atoms with van der Waals surface area (Å²) in [6.45, 7) is 3.57. The molecule has 216 valence electrons. The van der Waals surface area contributed by atoms with Gasteiger partial charge in [0.05, 0.1) is 10.6 Å². The fourth-order valence-electron chi connectivity index (χ4n) is 5.09. The Kier molecular flexibility index (Phi) is 9.11. The number of H-pyrrole nitrogens is 1. The summed E-state index contributed by atoms with van der Waals surface area (Å²) in [5, 5.41) is 7.65. The molecule has 2 aliphatic heterocycles. The normalized spacial score (nSPS) is 16.7. The van der Waals surface area contributed by atoms with Crippen molar-refractivity contribution in [3.05, 3.63) is 73.6 Å². The van der Waals surface area contributed by atoms with Gasteiger partial charge in [-0.05, 0) is 62.5 Å². The number of carbonyl (C=O) groups is 2. The first-order valence-electron chi connectivity index (χ1n) is 12.6. The molecule has 0 atom stereocenters. The zero-order valence-electron chi connectivity index (χ0n) is 21.1. The van der Waals surface area contributed by atoms with Crippen molar-refractivity contribution >= 4 is 40.6 Å². The lowest BCUT2D eigenvalue weighted by Crippen LogP contribution is -2.46. The molecule has 0 radical (unpaired) electrons. The topological polar surface area (TPSA) is 98.1 Å². The van der Waals surface area contributed by atoms with Crippen molar-refractivity contribution in [2.45, 2.75) is 44.3 Å². The highest BCUT2D eigenvalue weighted by Gasteiger charge is 2.38. The average Bonchev–Trinajstić information content (AvgIpc) is 3.56. The van der Waals surface area contributed by atoms with E-state index in [-0.39, 0.29) is 27.2 Å². The summed E-state index contributed by atoms with van der Waals surface area (Å²) < 4.78 is 48.0. The van der Waals surface area contributed by atoms with Gasteiger partial charge in [-0.2, -0.15) is 13.2 Å². The average molecular weight is 605 g/mol. The third-order valence-electron chi connectivity index (χ3n) is 7.09. The molecule has 14 heteroatoms. The summed E-state index contributed by atoms with van der Waals surface area (Å²) in [5.41, 5.74) is 1.52. The van der Waals surface area contributed by atoms with E-state index in [0.717, 1.165) is 31.5 Å². The molecule has 5 rings (SSSR count). The predicted molar refractivity (Wildman–Crippen MR) is 141 cm³/mol. The third-order valence-corrected chi connectivity index (χ3v) is 7.84. The number of carboxylic acid groups (broad SMARTS) is 1. The van der Waals surface area contributed by atoms with Gasteiger partial charge in [-0.25, -0.2) is 9.18 Å². The van der Waals surface area contributed by atoms with Gasteiger partial charge in [0.25, 0.3) is 11.5 Å². The first kappa shape index (κ1) is 29.9. The molecule has 1 aromatic carbocycles. The quantitative estimate of drug-likeness (QED) is 0.409. The number of aliphatic carboxylic acids is 1. The number of fused-ring (bicyclic) bond motifs is 1. The lowest BCUT2D eigenvalue weighted by molar-refractivity contribution is -0.192. The first-order valence-corrected chi connectivity index (χ1v) is 13.3. The fourth-order valence-corrected chi connectivity index (χ4v) is 5.53. The smallest absolute Gasteiger partial charge is 0.475 e. The van der Waals surface area contributed by atoms with Crippen molar-refractivity contribution in [2.24, 2.45) is 0 Å². The molecule has 0 bridgehead atoms. The lowest BCUT2D eigenvalue weighted by atomic mass is 10.0. The van der Waals surface area contributed by atoms with Crippen LogP contribution in [0.15, 0.2) is 35.3 Å². The van der Waals surface area contributed by atoms with Gasteiger partial charge in [0.2, 0.25) is 0 Å². The number of hydrogen-bond acceptors (Lipinski definition) is 4. The Balaban J connectivity index is 0.000000470. The maximum atomic E-state index is 14.7. The van der Waals surface area contributed by atoms with E-state index in [1.165, 1.54) is 25.0 Å². The van der Waals surface area contributed by atoms with Gasteiger partial charge in [0, 0.05) is 37.4 Å². The zero-order valence-corrected chi connectivity index (χ0v) is 22.6. The molecule has 0 spiro atoms. The highest BCUT2D eigenvalue weighted by atomic mass is 35.5. The number of amides is 1. The minimum absolute atomic E-state index is 0.0735. The zero-order chi connectivity index (χ0) is 29.2. The van der Waals surface area contributed by atoms with Crippen molar-refractivity contribution in [1.82, 2.24) is 19.2 Å². The third kappa shape index (κ3) is 6.61. The Hall–Kier alpha value is -3.09. The molecular formula is C26H26Cl2F4N4O4. The molecule has 40 heavy (non-hydrogen) atoms. The number of rotatable bonds is 4. The minimum atomic E-state index is -5.08. The molecule has 2 aromatic heterocycles. The van der Waals surface area contributed by atoms with Crippen LogP contribution >= 0.6 is 23.2 Å². The van der Waals surface area contributed by atoms with Crippen LogP contribution in [-0.4, -0.2) is 74.6 Å². The molecule has 0 unspecified atom stereocenters. The van der Waals surface area contributed by atoms with Gasteiger partial charge in [0.15, 0.2) is 0 Å². The molecule has 4 heterocycles. The monoisotopic (exact) mass is 604 g/mol. The lowest BCUT2D eigenvalue weighted by Gasteiger charge is -2.36. The number of alkyl halides is 3. The van der Waals surface area contributed by atoms with E-state index in [4.69, 9.17) is 33.1 Å². The Morgan fingerprint density at radius 2 is 1.68 bits per heavy atom. The van der Waals surface area contributed by atoms with Gasteiger partial charge in [-0.1, -0.05) is 29.3 Å². The van der Waals surface area contributed by atoms with Crippen LogP contribution in [-0.2, 0) is 11.2 Å². The number of hydrogen-bond donors (Lipinski definition) is 2. The minimum Gasteiger partial charge on any atom is -0.475 e. The largest absolute Gasteiger partial charge is 0.490 e. The number of carbonyl (C=O) groups excluding carboxylic acids is 1. The van der Waals surface area contributed by atoms with E-state index < -0.39 is 18.0 Å². The fraction of sp³-hybridized carbons (Fsp3) is 0.423. The molecule has 2 saturated heterocycles. The summed E-state index contributed by atoms with van der Waals surface area (Å²) in [5.74, 6) is -3.56. The van der Waals surface area contributed by atoms with Crippen molar-refractivity contribution in [2.75, 3.05) is 26.2 Å². The van der Waals surface area contributed by atoms with Crippen molar-refractivity contribution in [1.29, 1.82) is 0 Å². The number of piperidine rings is 1. The van der Waals surface area contributed by atoms with Gasteiger partial charge in [-0.15, -0.1) is 0 Å². The summed E-state index contributed by atoms with van der Waals surface area (Å²) >= 11 is 12.4. The maximum Gasteiger partial charge on any atom is 0.490 e. The summed E-state index contributed by atoms with van der Waals surface area (Å²) in [7, 11) is 0. The van der Waals surface area contributed by atoms with E-state index in [0.29, 0.717) is 36.8 Å². The number of likely N-dealkylation sites (tertiary alicyclic amines) is 2. The highest BCUT2D eigenvalue weighted by molar-refractivity contribution is 6.42. The van der Waals surface area contributed by atoms with Gasteiger partial charge in [0.1, 0.15) is 16.5 Å². The number of aromatic amines is 1. The first-order chi connectivity index (χ1) is 18.9. The number of nitrogens with zero attached hydrogens (tertiary/aromatic N) is 3. The van der Waals surface area contributed by atoms with E-state index in [9.17, 15) is 27.2 Å². The van der Waals surface area contributed by atoms with Crippen molar-refractivity contribution < 1.29 is 32.3 Å². The second-order valence-corrected chi connectivity index (χ2v) is 10.4. The van der Waals surface area contributed by atoms with Crippen LogP contribution in [0.3, 0.4) is 0 Å². The van der Waals surface area contributed by atoms with Crippen molar-refractivity contribution in [3.63, 3.8) is 0 Å². The molecule has 2 aliphatic rings. The van der Waals surface area contributed by atoms with E-state index in [1.54, 1.807) is 27.6 Å². The summed E-state index contributed by atoms with van der Waals surface area (Å²) in [6.07, 6.45) is 1.17. The predicted octanol–water partition coefficient (Wildman–Crippen LogP) is 5.00. The Bertz CT molecular complexity index is 1460. The molecule has 8 nitrogen and oxygen atoms in total. The van der Waals surface area contributed by atoms with E-state index in [2.05, 4.69) is 9.88 Å². The molecule has 2 N–H and O–H groups in total. The number of carboxylic acids is 1. The second-order valence-electron chi connectivity index (χ2n) is 9.67. The molecule has 2 fully saturated rings. The van der Waals surface area contributed by atoms with Crippen molar-refractivity contribution in [3.8, 4) is 0 Å². The Morgan fingerprint density at radius 1 is 1.05 bits per heavy atom. The maximum absolute atomic E-state index is 14.7. The molecule has 0 saturated carbocycles.